The van der Waals surface area contributed by atoms with E-state index in [-0.39, 0.29) is 5.91 Å². The number of fused-ring (bicyclic) bond motifs is 2. The molecule has 1 amide bonds. The number of rotatable bonds is 3. The fourth-order valence-corrected chi connectivity index (χ4v) is 6.33. The van der Waals surface area contributed by atoms with Crippen molar-refractivity contribution in [2.24, 2.45) is 4.99 Å². The molecule has 3 aromatic rings. The van der Waals surface area contributed by atoms with Crippen LogP contribution in [-0.4, -0.2) is 28.1 Å². The molecule has 0 unspecified atom stereocenters. The third-order valence-electron chi connectivity index (χ3n) is 5.15. The van der Waals surface area contributed by atoms with Crippen LogP contribution in [0, 0.1) is 6.92 Å². The van der Waals surface area contributed by atoms with Crippen LogP contribution in [-0.2, 0) is 10.5 Å². The molecule has 2 aliphatic rings. The van der Waals surface area contributed by atoms with Crippen molar-refractivity contribution >= 4 is 63.1 Å². The molecule has 0 bridgehead atoms. The van der Waals surface area contributed by atoms with Crippen LogP contribution in [0.5, 0.6) is 0 Å². The Morgan fingerprint density at radius 3 is 2.81 bits per heavy atom. The van der Waals surface area contributed by atoms with Gasteiger partial charge in [0.2, 0.25) is 5.91 Å². The lowest BCUT2D eigenvalue weighted by atomic mass is 9.94. The Hall–Kier alpha value is -2.74. The largest absolute Gasteiger partial charge is 0.302 e. The van der Waals surface area contributed by atoms with E-state index in [1.54, 1.807) is 11.8 Å². The molecular formula is C24H19ClN4OS2. The Bertz CT molecular complexity index is 1320. The first-order chi connectivity index (χ1) is 15.5. The maximum atomic E-state index is 11.6. The molecule has 1 aromatic carbocycles. The molecule has 0 aliphatic carbocycles. The first kappa shape index (κ1) is 21.1. The lowest BCUT2D eigenvalue weighted by Gasteiger charge is -2.26. The predicted molar refractivity (Wildman–Crippen MR) is 134 cm³/mol. The smallest absolute Gasteiger partial charge is 0.223 e. The van der Waals surface area contributed by atoms with Crippen LogP contribution in [0.2, 0.25) is 5.02 Å². The van der Waals surface area contributed by atoms with Gasteiger partial charge in [-0.05, 0) is 42.3 Å². The highest BCUT2D eigenvalue weighted by Crippen LogP contribution is 2.48. The Morgan fingerprint density at radius 2 is 2.06 bits per heavy atom. The number of pyridine rings is 1. The molecule has 0 spiro atoms. The molecule has 0 radical (unpaired) electrons. The topological polar surface area (TPSA) is 67.2 Å². The van der Waals surface area contributed by atoms with E-state index in [1.807, 2.05) is 43.5 Å². The molecule has 2 aliphatic heterocycles. The highest BCUT2D eigenvalue weighted by atomic mass is 35.5. The van der Waals surface area contributed by atoms with Crippen LogP contribution >= 0.6 is 34.7 Å². The Kier molecular flexibility index (Phi) is 5.71. The predicted octanol–water partition coefficient (Wildman–Crippen LogP) is 6.00. The van der Waals surface area contributed by atoms with Crippen LogP contribution in [0.4, 0.5) is 5.13 Å². The normalized spacial score (nSPS) is 16.5. The second kappa shape index (κ2) is 8.65. The zero-order valence-corrected chi connectivity index (χ0v) is 19.9. The number of carbonyl (C=O) groups excluding carboxylic acids is 1. The van der Waals surface area contributed by atoms with Gasteiger partial charge in [0.05, 0.1) is 22.8 Å². The fourth-order valence-electron chi connectivity index (χ4n) is 3.69. The summed E-state index contributed by atoms with van der Waals surface area (Å²) in [6, 6.07) is 11.9. The van der Waals surface area contributed by atoms with Crippen molar-refractivity contribution < 1.29 is 4.79 Å². The van der Waals surface area contributed by atoms with Crippen molar-refractivity contribution in [2.45, 2.75) is 19.6 Å². The van der Waals surface area contributed by atoms with E-state index in [9.17, 15) is 4.79 Å². The molecule has 4 heterocycles. The standard InChI is InChI=1S/C24H19ClN4OS2/c1-13-7-8-16(10-26-13)21-23-20(17(11-27-21)9-15-5-3-4-6-18(15)25)22-19(12-31-23)29-24(32-22)28-14(2)30/h3-10H,11-12H2,1-2H3,(H,28,29,30). The molecular weight excluding hydrogens is 460 g/mol. The van der Waals surface area contributed by atoms with E-state index in [2.05, 4.69) is 27.4 Å². The third kappa shape index (κ3) is 4.03. The van der Waals surface area contributed by atoms with Crippen molar-refractivity contribution in [1.82, 2.24) is 9.97 Å². The lowest BCUT2D eigenvalue weighted by Crippen LogP contribution is -2.17. The minimum Gasteiger partial charge on any atom is -0.302 e. The van der Waals surface area contributed by atoms with Crippen molar-refractivity contribution in [2.75, 3.05) is 11.9 Å². The van der Waals surface area contributed by atoms with Gasteiger partial charge in [0.1, 0.15) is 0 Å². The second-order valence-electron chi connectivity index (χ2n) is 7.51. The Balaban J connectivity index is 1.67. The number of hydrogen-bond donors (Lipinski definition) is 1. The molecule has 5 rings (SSSR count). The summed E-state index contributed by atoms with van der Waals surface area (Å²) in [5, 5.41) is 4.16. The molecule has 0 atom stereocenters. The van der Waals surface area contributed by atoms with Gasteiger partial charge in [-0.2, -0.15) is 0 Å². The van der Waals surface area contributed by atoms with Crippen LogP contribution in [0.3, 0.4) is 0 Å². The highest BCUT2D eigenvalue weighted by Gasteiger charge is 2.32. The van der Waals surface area contributed by atoms with E-state index in [1.165, 1.54) is 18.3 Å². The number of benzene rings is 1. The minimum atomic E-state index is -0.124. The average molecular weight is 479 g/mol. The summed E-state index contributed by atoms with van der Waals surface area (Å²) < 4.78 is 0. The molecule has 32 heavy (non-hydrogen) atoms. The number of dihydropyridines is 1. The van der Waals surface area contributed by atoms with Gasteiger partial charge in [0.15, 0.2) is 5.13 Å². The number of amides is 1. The van der Waals surface area contributed by atoms with E-state index >= 15 is 0 Å². The molecule has 2 aromatic heterocycles. The average Bonchev–Trinajstić information content (AvgIpc) is 3.18. The molecule has 0 fully saturated rings. The van der Waals surface area contributed by atoms with E-state index in [0.717, 1.165) is 54.9 Å². The van der Waals surface area contributed by atoms with E-state index in [4.69, 9.17) is 16.6 Å². The molecule has 0 saturated heterocycles. The number of hydrogen-bond acceptors (Lipinski definition) is 6. The molecule has 0 saturated carbocycles. The number of allylic oxidation sites excluding steroid dienone is 1. The zero-order chi connectivity index (χ0) is 22.2. The quantitative estimate of drug-likeness (QED) is 0.501. The first-order valence-electron chi connectivity index (χ1n) is 10.1. The maximum absolute atomic E-state index is 11.6. The van der Waals surface area contributed by atoms with Gasteiger partial charge in [-0.3, -0.25) is 14.8 Å². The Morgan fingerprint density at radius 1 is 1.22 bits per heavy atom. The first-order valence-corrected chi connectivity index (χ1v) is 12.3. The highest BCUT2D eigenvalue weighted by molar-refractivity contribution is 8.03. The number of halogens is 1. The number of carbonyl (C=O) groups is 1. The summed E-state index contributed by atoms with van der Waals surface area (Å²) in [5.41, 5.74) is 7.07. The number of aryl methyl sites for hydroxylation is 1. The molecule has 8 heteroatoms. The molecule has 5 nitrogen and oxygen atoms in total. The van der Waals surface area contributed by atoms with Crippen molar-refractivity contribution in [1.29, 1.82) is 0 Å². The van der Waals surface area contributed by atoms with Crippen LogP contribution in [0.15, 0.2) is 58.1 Å². The summed E-state index contributed by atoms with van der Waals surface area (Å²) >= 11 is 9.69. The van der Waals surface area contributed by atoms with Gasteiger partial charge in [-0.1, -0.05) is 41.1 Å². The van der Waals surface area contributed by atoms with Gasteiger partial charge in [-0.15, -0.1) is 11.8 Å². The molecule has 1 N–H and O–H groups in total. The number of aromatic nitrogens is 2. The zero-order valence-electron chi connectivity index (χ0n) is 17.5. The van der Waals surface area contributed by atoms with Crippen LogP contribution in [0.25, 0.3) is 11.6 Å². The fraction of sp³-hybridized carbons (Fsp3) is 0.167. The van der Waals surface area contributed by atoms with E-state index < -0.39 is 0 Å². The van der Waals surface area contributed by atoms with Crippen molar-refractivity contribution in [3.8, 4) is 0 Å². The summed E-state index contributed by atoms with van der Waals surface area (Å²) in [7, 11) is 0. The summed E-state index contributed by atoms with van der Waals surface area (Å²) in [5.74, 6) is 0.600. The van der Waals surface area contributed by atoms with Crippen LogP contribution in [0.1, 0.15) is 34.3 Å². The third-order valence-corrected chi connectivity index (χ3v) is 7.63. The van der Waals surface area contributed by atoms with E-state index in [0.29, 0.717) is 16.7 Å². The number of thioether (sulfide) groups is 1. The number of anilines is 1. The number of thiazole rings is 1. The van der Waals surface area contributed by atoms with Gasteiger partial charge < -0.3 is 5.32 Å². The monoisotopic (exact) mass is 478 g/mol. The van der Waals surface area contributed by atoms with Crippen molar-refractivity contribution in [3.05, 3.63) is 85.5 Å². The summed E-state index contributed by atoms with van der Waals surface area (Å²) in [4.78, 5) is 27.9. The second-order valence-corrected chi connectivity index (χ2v) is 9.90. The SMILES string of the molecule is CC(=O)Nc1nc2c(s1)C1=C(SC2)C(c2ccc(C)nc2)=NCC1=Cc1ccccc1Cl. The van der Waals surface area contributed by atoms with Crippen molar-refractivity contribution in [3.63, 3.8) is 0 Å². The summed E-state index contributed by atoms with van der Waals surface area (Å²) in [6.45, 7) is 4.00. The maximum Gasteiger partial charge on any atom is 0.223 e. The lowest BCUT2D eigenvalue weighted by molar-refractivity contribution is -0.114. The number of aliphatic imine (C=N–C) groups is 1. The molecule has 160 valence electrons. The minimum absolute atomic E-state index is 0.124. The van der Waals surface area contributed by atoms with Gasteiger partial charge in [0, 0.05) is 45.6 Å². The van der Waals surface area contributed by atoms with Gasteiger partial charge >= 0.3 is 0 Å². The number of nitrogens with one attached hydrogen (secondary N) is 1. The van der Waals surface area contributed by atoms with Gasteiger partial charge in [-0.25, -0.2) is 4.98 Å². The number of nitrogens with zero attached hydrogens (tertiary/aromatic N) is 3. The van der Waals surface area contributed by atoms with Crippen LogP contribution < -0.4 is 5.32 Å². The van der Waals surface area contributed by atoms with Gasteiger partial charge in [0.25, 0.3) is 0 Å². The Labute approximate surface area is 199 Å². The summed E-state index contributed by atoms with van der Waals surface area (Å²) in [6.07, 6.45) is 3.99.